The van der Waals surface area contributed by atoms with Crippen molar-refractivity contribution < 1.29 is 22.3 Å². The van der Waals surface area contributed by atoms with Crippen molar-refractivity contribution in [3.8, 4) is 5.75 Å². The van der Waals surface area contributed by atoms with Gasteiger partial charge in [0.25, 0.3) is 0 Å². The SMILES string of the molecule is COc1cccnc1[C@H]1CC[C@@H](OC[C@]2(c3nc(CCl)co3)CC[C@H](NS(C)(=O)=O)C2)CC1. The van der Waals surface area contributed by atoms with Crippen LogP contribution in [0.25, 0.3) is 0 Å². The topological polar surface area (TPSA) is 104 Å². The molecule has 10 heteroatoms. The van der Waals surface area contributed by atoms with Crippen LogP contribution < -0.4 is 9.46 Å². The maximum atomic E-state index is 11.8. The largest absolute Gasteiger partial charge is 0.495 e. The summed E-state index contributed by atoms with van der Waals surface area (Å²) in [6, 6.07) is 3.69. The molecule has 8 nitrogen and oxygen atoms in total. The van der Waals surface area contributed by atoms with Crippen molar-refractivity contribution >= 4 is 21.6 Å². The summed E-state index contributed by atoms with van der Waals surface area (Å²) in [5, 5.41) is 0. The Morgan fingerprint density at radius 2 is 2.06 bits per heavy atom. The van der Waals surface area contributed by atoms with Crippen LogP contribution in [0.5, 0.6) is 5.75 Å². The van der Waals surface area contributed by atoms with Gasteiger partial charge in [0, 0.05) is 18.2 Å². The Morgan fingerprint density at radius 1 is 1.27 bits per heavy atom. The molecule has 0 radical (unpaired) electrons. The van der Waals surface area contributed by atoms with E-state index in [-0.39, 0.29) is 18.0 Å². The molecule has 4 rings (SSSR count). The van der Waals surface area contributed by atoms with Crippen LogP contribution in [-0.2, 0) is 26.1 Å². The van der Waals surface area contributed by atoms with Crippen LogP contribution in [0.3, 0.4) is 0 Å². The number of oxazole rings is 1. The first-order valence-corrected chi connectivity index (χ1v) is 13.8. The van der Waals surface area contributed by atoms with Crippen molar-refractivity contribution in [2.24, 2.45) is 0 Å². The van der Waals surface area contributed by atoms with E-state index in [4.69, 9.17) is 25.5 Å². The number of halogens is 1. The van der Waals surface area contributed by atoms with Gasteiger partial charge < -0.3 is 13.9 Å². The van der Waals surface area contributed by atoms with Crippen molar-refractivity contribution in [1.29, 1.82) is 0 Å². The highest BCUT2D eigenvalue weighted by atomic mass is 35.5. The second-order valence-electron chi connectivity index (χ2n) is 9.26. The van der Waals surface area contributed by atoms with Crippen LogP contribution in [0.15, 0.2) is 29.0 Å². The number of rotatable bonds is 9. The summed E-state index contributed by atoms with van der Waals surface area (Å²) >= 11 is 5.93. The number of nitrogens with one attached hydrogen (secondary N) is 1. The molecule has 2 fully saturated rings. The van der Waals surface area contributed by atoms with Gasteiger partial charge >= 0.3 is 0 Å². The van der Waals surface area contributed by atoms with Crippen molar-refractivity contribution in [2.45, 2.75) is 74.3 Å². The van der Waals surface area contributed by atoms with Crippen molar-refractivity contribution in [3.63, 3.8) is 0 Å². The average molecular weight is 498 g/mol. The molecule has 1 N–H and O–H groups in total. The second kappa shape index (κ2) is 10.3. The van der Waals surface area contributed by atoms with Crippen LogP contribution in [0.2, 0.25) is 0 Å². The van der Waals surface area contributed by atoms with E-state index in [9.17, 15) is 8.42 Å². The molecule has 2 atom stereocenters. The Bertz CT molecular complexity index is 1040. The number of ether oxygens (including phenoxy) is 2. The van der Waals surface area contributed by atoms with E-state index in [2.05, 4.69) is 14.7 Å². The number of hydrogen-bond acceptors (Lipinski definition) is 7. The van der Waals surface area contributed by atoms with Gasteiger partial charge in [-0.15, -0.1) is 11.6 Å². The van der Waals surface area contributed by atoms with Gasteiger partial charge in [0.15, 0.2) is 0 Å². The van der Waals surface area contributed by atoms with Gasteiger partial charge in [0.1, 0.15) is 12.0 Å². The molecule has 0 aliphatic heterocycles. The highest BCUT2D eigenvalue weighted by Gasteiger charge is 2.46. The summed E-state index contributed by atoms with van der Waals surface area (Å²) in [5.41, 5.74) is 1.23. The summed E-state index contributed by atoms with van der Waals surface area (Å²) in [5.74, 6) is 2.06. The molecule has 2 aliphatic rings. The number of sulfonamides is 1. The van der Waals surface area contributed by atoms with E-state index >= 15 is 0 Å². The van der Waals surface area contributed by atoms with Gasteiger partial charge in [-0.25, -0.2) is 18.1 Å². The maximum Gasteiger partial charge on any atom is 0.208 e. The minimum Gasteiger partial charge on any atom is -0.495 e. The standard InChI is InChI=1S/C23H32ClN3O5S/c1-30-20-4-3-11-25-21(20)16-5-7-19(8-6-16)32-15-23(22-26-18(13-24)14-31-22)10-9-17(12-23)27-33(2,28)29/h3-4,11,14,16-17,19,27H,5-10,12-13,15H2,1-2H3/t16-,17-,19+,23-/m0/s1. The predicted octanol–water partition coefficient (Wildman–Crippen LogP) is 3.90. The third-order valence-corrected chi connectivity index (χ3v) is 7.84. The fraction of sp³-hybridized carbons (Fsp3) is 0.652. The summed E-state index contributed by atoms with van der Waals surface area (Å²) in [6.45, 7) is 0.444. The number of methoxy groups -OCH3 is 1. The lowest BCUT2D eigenvalue weighted by atomic mass is 9.83. The number of nitrogens with zero attached hydrogens (tertiary/aromatic N) is 2. The minimum absolute atomic E-state index is 0.136. The monoisotopic (exact) mass is 497 g/mol. The van der Waals surface area contributed by atoms with Crippen LogP contribution in [0.4, 0.5) is 0 Å². The Kier molecular flexibility index (Phi) is 7.63. The molecule has 0 amide bonds. The lowest BCUT2D eigenvalue weighted by Gasteiger charge is -2.32. The molecule has 0 aromatic carbocycles. The number of pyridine rings is 1. The third kappa shape index (κ3) is 5.88. The van der Waals surface area contributed by atoms with E-state index in [1.54, 1.807) is 13.4 Å². The molecule has 2 saturated carbocycles. The highest BCUT2D eigenvalue weighted by molar-refractivity contribution is 7.88. The Morgan fingerprint density at radius 3 is 2.73 bits per heavy atom. The fourth-order valence-electron chi connectivity index (χ4n) is 5.19. The molecule has 2 aromatic rings. The van der Waals surface area contributed by atoms with E-state index in [0.717, 1.165) is 43.5 Å². The lowest BCUT2D eigenvalue weighted by molar-refractivity contribution is -0.0103. The molecule has 2 aliphatic carbocycles. The zero-order valence-corrected chi connectivity index (χ0v) is 20.7. The zero-order valence-electron chi connectivity index (χ0n) is 19.1. The Balaban J connectivity index is 1.41. The third-order valence-electron chi connectivity index (χ3n) is 6.81. The zero-order chi connectivity index (χ0) is 23.5. The second-order valence-corrected chi connectivity index (χ2v) is 11.3. The fourth-order valence-corrected chi connectivity index (χ4v) is 6.12. The minimum atomic E-state index is -3.29. The van der Waals surface area contributed by atoms with Crippen molar-refractivity contribution in [1.82, 2.24) is 14.7 Å². The molecule has 0 spiro atoms. The molecule has 2 aromatic heterocycles. The Labute approximate surface area is 200 Å². The average Bonchev–Trinajstić information content (AvgIpc) is 3.45. The first-order chi connectivity index (χ1) is 15.8. The van der Waals surface area contributed by atoms with Gasteiger partial charge in [0.2, 0.25) is 15.9 Å². The van der Waals surface area contributed by atoms with Gasteiger partial charge in [0.05, 0.1) is 48.8 Å². The highest BCUT2D eigenvalue weighted by Crippen LogP contribution is 2.43. The number of hydrogen-bond donors (Lipinski definition) is 1. The first kappa shape index (κ1) is 24.4. The summed E-state index contributed by atoms with van der Waals surface area (Å²) in [4.78, 5) is 9.12. The predicted molar refractivity (Wildman–Crippen MR) is 125 cm³/mol. The molecular weight excluding hydrogens is 466 g/mol. The molecule has 0 saturated heterocycles. The number of alkyl halides is 1. The lowest BCUT2D eigenvalue weighted by Crippen LogP contribution is -2.37. The summed E-state index contributed by atoms with van der Waals surface area (Å²) in [7, 11) is -1.61. The van der Waals surface area contributed by atoms with Crippen molar-refractivity contribution in [3.05, 3.63) is 41.9 Å². The molecule has 2 heterocycles. The van der Waals surface area contributed by atoms with Crippen LogP contribution >= 0.6 is 11.6 Å². The normalized spacial score (nSPS) is 28.2. The van der Waals surface area contributed by atoms with Gasteiger partial charge in [-0.2, -0.15) is 0 Å². The van der Waals surface area contributed by atoms with Gasteiger partial charge in [-0.1, -0.05) is 0 Å². The molecule has 182 valence electrons. The van der Waals surface area contributed by atoms with Crippen LogP contribution in [0.1, 0.15) is 68.1 Å². The molecular formula is C23H32ClN3O5S. The maximum absolute atomic E-state index is 11.8. The summed E-state index contributed by atoms with van der Waals surface area (Å²) < 4.78 is 44.0. The summed E-state index contributed by atoms with van der Waals surface area (Å²) in [6.07, 6.45) is 10.6. The Hall–Kier alpha value is -1.68. The van der Waals surface area contributed by atoms with E-state index < -0.39 is 15.4 Å². The van der Waals surface area contributed by atoms with Crippen LogP contribution in [0, 0.1) is 0 Å². The van der Waals surface area contributed by atoms with E-state index in [1.165, 1.54) is 6.26 Å². The van der Waals surface area contributed by atoms with Gasteiger partial charge in [-0.3, -0.25) is 4.98 Å². The quantitative estimate of drug-likeness (QED) is 0.524. The molecule has 0 bridgehead atoms. The van der Waals surface area contributed by atoms with Gasteiger partial charge in [-0.05, 0) is 57.1 Å². The smallest absolute Gasteiger partial charge is 0.208 e. The molecule has 0 unspecified atom stereocenters. The van der Waals surface area contributed by atoms with E-state index in [1.807, 2.05) is 18.3 Å². The van der Waals surface area contributed by atoms with E-state index in [0.29, 0.717) is 37.0 Å². The molecule has 33 heavy (non-hydrogen) atoms. The number of aromatic nitrogens is 2. The van der Waals surface area contributed by atoms with Crippen LogP contribution in [-0.4, -0.2) is 50.5 Å². The first-order valence-electron chi connectivity index (χ1n) is 11.4. The van der Waals surface area contributed by atoms with Crippen molar-refractivity contribution in [2.75, 3.05) is 20.0 Å².